The first-order chi connectivity index (χ1) is 16.0. The number of hydrogen-bond acceptors (Lipinski definition) is 8. The van der Waals surface area contributed by atoms with Gasteiger partial charge in [-0.3, -0.25) is 9.69 Å². The molecule has 178 valence electrons. The summed E-state index contributed by atoms with van der Waals surface area (Å²) < 4.78 is 10.2. The van der Waals surface area contributed by atoms with Crippen LogP contribution in [0.5, 0.6) is 0 Å². The molecule has 3 heterocycles. The summed E-state index contributed by atoms with van der Waals surface area (Å²) in [6.07, 6.45) is 3.50. The number of benzene rings is 1. The van der Waals surface area contributed by atoms with Gasteiger partial charge >= 0.3 is 5.97 Å². The number of nitrogens with zero attached hydrogens (tertiary/aromatic N) is 3. The number of aromatic nitrogens is 1. The minimum Gasteiger partial charge on any atom is -0.483 e. The van der Waals surface area contributed by atoms with E-state index >= 15 is 0 Å². The van der Waals surface area contributed by atoms with Crippen LogP contribution in [0.25, 0.3) is 0 Å². The van der Waals surface area contributed by atoms with Crippen LogP contribution in [0.1, 0.15) is 40.7 Å². The van der Waals surface area contributed by atoms with E-state index in [2.05, 4.69) is 39.0 Å². The maximum Gasteiger partial charge on any atom is 0.360 e. The van der Waals surface area contributed by atoms with Crippen LogP contribution in [0.3, 0.4) is 0 Å². The standard InChI is InChI=1S/C23H29N3O4.CH2O2/c1-29-22(28)18-14-30-20(24-18)13-26-12-19(27)23(15-26)17(11-25-9-5-6-10-25)21(23)16-7-3-2-4-8-16;2-1-3/h2-4,7-8,14,17,19,21,27H,5-6,9-13,15H2,1H3;1H,(H,2,3)/t17-,19+,21-,23-;/m1./s1. The van der Waals surface area contributed by atoms with Gasteiger partial charge in [0.2, 0.25) is 5.89 Å². The Kier molecular flexibility index (Phi) is 7.11. The minimum absolute atomic E-state index is 0.123. The molecule has 1 spiro atoms. The second-order valence-electron chi connectivity index (χ2n) is 9.02. The fraction of sp³-hybridized carbons (Fsp3) is 0.542. The van der Waals surface area contributed by atoms with E-state index in [1.165, 1.54) is 44.9 Å². The number of rotatable bonds is 6. The maximum atomic E-state index is 11.6. The molecule has 1 saturated carbocycles. The van der Waals surface area contributed by atoms with Crippen molar-refractivity contribution in [3.05, 3.63) is 53.7 Å². The van der Waals surface area contributed by atoms with Crippen molar-refractivity contribution in [3.63, 3.8) is 0 Å². The minimum atomic E-state index is -0.500. The zero-order valence-electron chi connectivity index (χ0n) is 18.8. The summed E-state index contributed by atoms with van der Waals surface area (Å²) in [5.41, 5.74) is 1.39. The van der Waals surface area contributed by atoms with Gasteiger partial charge in [-0.15, -0.1) is 0 Å². The maximum absolute atomic E-state index is 11.6. The predicted octanol–water partition coefficient (Wildman–Crippen LogP) is 1.83. The Morgan fingerprint density at radius 3 is 2.64 bits per heavy atom. The summed E-state index contributed by atoms with van der Waals surface area (Å²) >= 11 is 0. The Balaban J connectivity index is 0.000000821. The molecule has 0 radical (unpaired) electrons. The molecule has 0 amide bonds. The first kappa shape index (κ1) is 23.4. The fourth-order valence-electron chi connectivity index (χ4n) is 5.80. The van der Waals surface area contributed by atoms with Crippen LogP contribution < -0.4 is 0 Å². The van der Waals surface area contributed by atoms with Crippen molar-refractivity contribution in [2.75, 3.05) is 39.8 Å². The van der Waals surface area contributed by atoms with Gasteiger partial charge in [0.25, 0.3) is 6.47 Å². The molecule has 1 aromatic heterocycles. The van der Waals surface area contributed by atoms with Gasteiger partial charge in [0.05, 0.1) is 19.8 Å². The first-order valence-electron chi connectivity index (χ1n) is 11.3. The number of aliphatic hydroxyl groups is 1. The molecule has 2 aliphatic heterocycles. The van der Waals surface area contributed by atoms with E-state index in [0.717, 1.165) is 13.1 Å². The van der Waals surface area contributed by atoms with Gasteiger partial charge < -0.3 is 24.3 Å². The van der Waals surface area contributed by atoms with Crippen LogP contribution in [-0.4, -0.2) is 83.4 Å². The van der Waals surface area contributed by atoms with Crippen molar-refractivity contribution in [2.24, 2.45) is 11.3 Å². The number of hydrogen-bond donors (Lipinski definition) is 2. The van der Waals surface area contributed by atoms with E-state index in [-0.39, 0.29) is 23.7 Å². The molecule has 9 heteroatoms. The molecule has 2 saturated heterocycles. The zero-order valence-corrected chi connectivity index (χ0v) is 18.8. The number of β-amino-alcohol motifs (C(OH)–C–C–N with tert-alkyl or cyclic N) is 1. The molecule has 2 aromatic rings. The molecule has 2 N–H and O–H groups in total. The van der Waals surface area contributed by atoms with Crippen molar-refractivity contribution >= 4 is 12.4 Å². The molecule has 0 unspecified atom stereocenters. The number of carboxylic acid groups (broad SMARTS) is 1. The van der Waals surface area contributed by atoms with Gasteiger partial charge in [-0.25, -0.2) is 9.78 Å². The number of carbonyl (C=O) groups is 2. The van der Waals surface area contributed by atoms with Crippen LogP contribution in [0.15, 0.2) is 41.0 Å². The molecule has 1 aliphatic carbocycles. The van der Waals surface area contributed by atoms with Crippen molar-refractivity contribution in [2.45, 2.75) is 31.4 Å². The third-order valence-electron chi connectivity index (χ3n) is 7.23. The quantitative estimate of drug-likeness (QED) is 0.495. The number of ether oxygens (including phenoxy) is 1. The molecule has 1 aromatic carbocycles. The van der Waals surface area contributed by atoms with Gasteiger partial charge in [-0.05, 0) is 43.3 Å². The SMILES string of the molecule is COC(=O)c1coc(CN2C[C@H](O)[C@@]3(C2)[C@H](CN2CCCC2)[C@H]3c2ccccc2)n1.O=CO. The van der Waals surface area contributed by atoms with Gasteiger partial charge in [0.15, 0.2) is 5.69 Å². The number of aliphatic hydroxyl groups excluding tert-OH is 1. The Hall–Kier alpha value is -2.75. The molecule has 9 nitrogen and oxygen atoms in total. The number of carbonyl (C=O) groups excluding carboxylic acids is 1. The van der Waals surface area contributed by atoms with E-state index in [0.29, 0.717) is 30.8 Å². The second kappa shape index (κ2) is 10.0. The molecular weight excluding hydrogens is 426 g/mol. The highest BCUT2D eigenvalue weighted by Gasteiger charge is 2.71. The summed E-state index contributed by atoms with van der Waals surface area (Å²) in [4.78, 5) is 29.0. The van der Waals surface area contributed by atoms with Crippen LogP contribution in [0.4, 0.5) is 0 Å². The number of likely N-dealkylation sites (tertiary alicyclic amines) is 2. The highest BCUT2D eigenvalue weighted by molar-refractivity contribution is 5.86. The number of oxazole rings is 1. The monoisotopic (exact) mass is 457 g/mol. The number of methoxy groups -OCH3 is 1. The summed E-state index contributed by atoms with van der Waals surface area (Å²) in [7, 11) is 1.33. The molecule has 4 atom stereocenters. The molecular formula is C24H31N3O6. The van der Waals surface area contributed by atoms with E-state index in [4.69, 9.17) is 19.1 Å². The smallest absolute Gasteiger partial charge is 0.360 e. The van der Waals surface area contributed by atoms with Crippen molar-refractivity contribution in [1.82, 2.24) is 14.8 Å². The largest absolute Gasteiger partial charge is 0.483 e. The van der Waals surface area contributed by atoms with Crippen LogP contribution in [-0.2, 0) is 16.1 Å². The molecule has 5 rings (SSSR count). The lowest BCUT2D eigenvalue weighted by atomic mass is 9.95. The predicted molar refractivity (Wildman–Crippen MR) is 119 cm³/mol. The lowest BCUT2D eigenvalue weighted by Gasteiger charge is -2.18. The molecule has 0 bridgehead atoms. The summed E-state index contributed by atoms with van der Waals surface area (Å²) in [5.74, 6) is 0.801. The molecule has 33 heavy (non-hydrogen) atoms. The highest BCUT2D eigenvalue weighted by atomic mass is 16.5. The summed E-state index contributed by atoms with van der Waals surface area (Å²) in [6, 6.07) is 10.6. The van der Waals surface area contributed by atoms with Crippen molar-refractivity contribution in [3.8, 4) is 0 Å². The van der Waals surface area contributed by atoms with E-state index < -0.39 is 5.97 Å². The average molecular weight is 458 g/mol. The molecule has 3 aliphatic rings. The van der Waals surface area contributed by atoms with Gasteiger partial charge in [0.1, 0.15) is 6.26 Å². The normalized spacial score (nSPS) is 29.0. The Labute approximate surface area is 193 Å². The van der Waals surface area contributed by atoms with Gasteiger partial charge in [-0.1, -0.05) is 30.3 Å². The first-order valence-corrected chi connectivity index (χ1v) is 11.3. The summed E-state index contributed by atoms with van der Waals surface area (Å²) in [5, 5.41) is 18.1. The van der Waals surface area contributed by atoms with Crippen molar-refractivity contribution < 1.29 is 29.0 Å². The van der Waals surface area contributed by atoms with E-state index in [1.54, 1.807) is 0 Å². The topological polar surface area (TPSA) is 116 Å². The molecule has 3 fully saturated rings. The van der Waals surface area contributed by atoms with Crippen LogP contribution in [0, 0.1) is 11.3 Å². The number of esters is 1. The zero-order chi connectivity index (χ0) is 23.4. The third kappa shape index (κ3) is 4.66. The van der Waals surface area contributed by atoms with Crippen LogP contribution in [0.2, 0.25) is 0 Å². The van der Waals surface area contributed by atoms with E-state index in [1.807, 2.05) is 6.07 Å². The van der Waals surface area contributed by atoms with Gasteiger partial charge in [0, 0.05) is 25.0 Å². The lowest BCUT2D eigenvalue weighted by molar-refractivity contribution is -0.122. The average Bonchev–Trinajstić information content (AvgIpc) is 3.28. The summed E-state index contributed by atoms with van der Waals surface area (Å²) in [6.45, 7) is 5.02. The van der Waals surface area contributed by atoms with E-state index in [9.17, 15) is 9.90 Å². The van der Waals surface area contributed by atoms with Crippen LogP contribution >= 0.6 is 0 Å². The van der Waals surface area contributed by atoms with Crippen molar-refractivity contribution in [1.29, 1.82) is 0 Å². The highest BCUT2D eigenvalue weighted by Crippen LogP contribution is 2.69. The van der Waals surface area contributed by atoms with Gasteiger partial charge in [-0.2, -0.15) is 0 Å². The third-order valence-corrected chi connectivity index (χ3v) is 7.23. The Morgan fingerprint density at radius 2 is 1.97 bits per heavy atom. The fourth-order valence-corrected chi connectivity index (χ4v) is 5.80. The Morgan fingerprint density at radius 1 is 1.27 bits per heavy atom. The second-order valence-corrected chi connectivity index (χ2v) is 9.02. The Bertz CT molecular complexity index is 945. The lowest BCUT2D eigenvalue weighted by Crippen LogP contribution is -2.28.